The summed E-state index contributed by atoms with van der Waals surface area (Å²) in [6.45, 7) is 3.18. The number of amides is 1. The summed E-state index contributed by atoms with van der Waals surface area (Å²) >= 11 is 0. The molecule has 7 heteroatoms. The maximum atomic E-state index is 13.1. The van der Waals surface area contributed by atoms with Crippen molar-refractivity contribution in [1.82, 2.24) is 9.21 Å². The molecule has 136 valence electrons. The van der Waals surface area contributed by atoms with Crippen LogP contribution in [0.3, 0.4) is 0 Å². The monoisotopic (exact) mass is 364 g/mol. The summed E-state index contributed by atoms with van der Waals surface area (Å²) in [5.41, 5.74) is 0.362. The normalized spacial score (nSPS) is 22.1. The minimum absolute atomic E-state index is 0.0801. The third-order valence-electron chi connectivity index (χ3n) is 5.00. The molecule has 0 N–H and O–H groups in total. The third-order valence-corrected chi connectivity index (χ3v) is 6.91. The largest absolute Gasteiger partial charge is 0.341 e. The van der Waals surface area contributed by atoms with Gasteiger partial charge in [0.15, 0.2) is 5.78 Å². The van der Waals surface area contributed by atoms with Crippen LogP contribution in [0, 0.1) is 0 Å². The lowest BCUT2D eigenvalue weighted by Crippen LogP contribution is -2.52. The van der Waals surface area contributed by atoms with Crippen molar-refractivity contribution in [3.05, 3.63) is 29.8 Å². The SMILES string of the molecule is CC(=O)c1cccc(S(=O)(=O)N2CCCC[C@H]2C(=O)N2CCCC2)c1. The van der Waals surface area contributed by atoms with Gasteiger partial charge >= 0.3 is 0 Å². The molecule has 2 heterocycles. The molecular formula is C18H24N2O4S. The van der Waals surface area contributed by atoms with Crippen molar-refractivity contribution in [2.24, 2.45) is 0 Å². The van der Waals surface area contributed by atoms with Crippen molar-refractivity contribution in [3.8, 4) is 0 Å². The van der Waals surface area contributed by atoms with Crippen LogP contribution in [0.2, 0.25) is 0 Å². The van der Waals surface area contributed by atoms with E-state index in [-0.39, 0.29) is 16.6 Å². The third kappa shape index (κ3) is 3.62. The number of nitrogens with zero attached hydrogens (tertiary/aromatic N) is 2. The lowest BCUT2D eigenvalue weighted by atomic mass is 10.0. The van der Waals surface area contributed by atoms with Crippen LogP contribution in [0.1, 0.15) is 49.4 Å². The van der Waals surface area contributed by atoms with Crippen molar-refractivity contribution < 1.29 is 18.0 Å². The lowest BCUT2D eigenvalue weighted by Gasteiger charge is -2.35. The Hall–Kier alpha value is -1.73. The predicted molar refractivity (Wildman–Crippen MR) is 93.8 cm³/mol. The van der Waals surface area contributed by atoms with E-state index in [1.54, 1.807) is 17.0 Å². The van der Waals surface area contributed by atoms with Crippen molar-refractivity contribution in [3.63, 3.8) is 0 Å². The molecule has 2 aliphatic rings. The van der Waals surface area contributed by atoms with E-state index in [2.05, 4.69) is 0 Å². The number of piperidine rings is 1. The van der Waals surface area contributed by atoms with Crippen molar-refractivity contribution >= 4 is 21.7 Å². The van der Waals surface area contributed by atoms with Crippen LogP contribution in [-0.2, 0) is 14.8 Å². The average molecular weight is 364 g/mol. The summed E-state index contributed by atoms with van der Waals surface area (Å²) in [6.07, 6.45) is 4.11. The van der Waals surface area contributed by atoms with E-state index in [4.69, 9.17) is 0 Å². The molecule has 1 aromatic rings. The molecule has 0 aromatic heterocycles. The Morgan fingerprint density at radius 3 is 2.40 bits per heavy atom. The maximum Gasteiger partial charge on any atom is 0.243 e. The van der Waals surface area contributed by atoms with Crippen molar-refractivity contribution in [2.45, 2.75) is 50.0 Å². The first-order chi connectivity index (χ1) is 11.9. The quantitative estimate of drug-likeness (QED) is 0.767. The van der Waals surface area contributed by atoms with Gasteiger partial charge in [-0.2, -0.15) is 4.31 Å². The number of hydrogen-bond acceptors (Lipinski definition) is 4. The van der Waals surface area contributed by atoms with Crippen LogP contribution in [-0.4, -0.2) is 55.0 Å². The number of rotatable bonds is 4. The molecule has 0 bridgehead atoms. The summed E-state index contributed by atoms with van der Waals surface area (Å²) in [5, 5.41) is 0. The first kappa shape index (κ1) is 18.1. The first-order valence-electron chi connectivity index (χ1n) is 8.83. The molecule has 0 unspecified atom stereocenters. The molecule has 1 amide bonds. The van der Waals surface area contributed by atoms with E-state index in [0.29, 0.717) is 31.6 Å². The summed E-state index contributed by atoms with van der Waals surface area (Å²) in [7, 11) is -3.81. The smallest absolute Gasteiger partial charge is 0.243 e. The van der Waals surface area contributed by atoms with Gasteiger partial charge in [0, 0.05) is 25.2 Å². The van der Waals surface area contributed by atoms with Crippen molar-refractivity contribution in [2.75, 3.05) is 19.6 Å². The second-order valence-electron chi connectivity index (χ2n) is 6.74. The number of likely N-dealkylation sites (tertiary alicyclic amines) is 1. The number of carbonyl (C=O) groups excluding carboxylic acids is 2. The zero-order chi connectivity index (χ0) is 18.0. The van der Waals surface area contributed by atoms with Gasteiger partial charge in [-0.15, -0.1) is 0 Å². The summed E-state index contributed by atoms with van der Waals surface area (Å²) in [6, 6.07) is 5.45. The Morgan fingerprint density at radius 1 is 1.04 bits per heavy atom. The molecule has 2 fully saturated rings. The Kier molecular flexibility index (Phi) is 5.24. The Labute approximate surface area is 148 Å². The van der Waals surface area contributed by atoms with Crippen LogP contribution in [0.25, 0.3) is 0 Å². The van der Waals surface area contributed by atoms with Gasteiger partial charge in [0.2, 0.25) is 15.9 Å². The molecular weight excluding hydrogens is 340 g/mol. The summed E-state index contributed by atoms with van der Waals surface area (Å²) in [5.74, 6) is -0.260. The highest BCUT2D eigenvalue weighted by atomic mass is 32.2. The molecule has 0 spiro atoms. The minimum atomic E-state index is -3.81. The van der Waals surface area contributed by atoms with Crippen LogP contribution in [0.5, 0.6) is 0 Å². The number of hydrogen-bond donors (Lipinski definition) is 0. The van der Waals surface area contributed by atoms with Gasteiger partial charge in [-0.3, -0.25) is 9.59 Å². The number of sulfonamides is 1. The van der Waals surface area contributed by atoms with Crippen LogP contribution < -0.4 is 0 Å². The van der Waals surface area contributed by atoms with Gasteiger partial charge in [0.1, 0.15) is 6.04 Å². The molecule has 2 aliphatic heterocycles. The molecule has 25 heavy (non-hydrogen) atoms. The fourth-order valence-corrected chi connectivity index (χ4v) is 5.30. The number of carbonyl (C=O) groups is 2. The maximum absolute atomic E-state index is 13.1. The van der Waals surface area contributed by atoms with Crippen LogP contribution >= 0.6 is 0 Å². The van der Waals surface area contributed by atoms with E-state index in [9.17, 15) is 18.0 Å². The molecule has 0 aliphatic carbocycles. The Bertz CT molecular complexity index is 769. The standard InChI is InChI=1S/C18H24N2O4S/c1-14(21)15-7-6-8-16(13-15)25(23,24)20-12-3-2-9-17(20)18(22)19-10-4-5-11-19/h6-8,13,17H,2-5,9-12H2,1H3/t17-/m0/s1. The highest BCUT2D eigenvalue weighted by Gasteiger charge is 2.39. The predicted octanol–water partition coefficient (Wildman–Crippen LogP) is 2.05. The number of ketones is 1. The molecule has 1 aromatic carbocycles. The number of Topliss-reactive ketones (excluding diaryl/α,β-unsaturated/α-hetero) is 1. The van der Waals surface area contributed by atoms with E-state index in [1.165, 1.54) is 23.4 Å². The van der Waals surface area contributed by atoms with E-state index >= 15 is 0 Å². The lowest BCUT2D eigenvalue weighted by molar-refractivity contribution is -0.135. The minimum Gasteiger partial charge on any atom is -0.341 e. The molecule has 0 saturated carbocycles. The van der Waals surface area contributed by atoms with Crippen LogP contribution in [0.4, 0.5) is 0 Å². The van der Waals surface area contributed by atoms with Gasteiger partial charge in [0.05, 0.1) is 4.90 Å². The second-order valence-corrected chi connectivity index (χ2v) is 8.63. The molecule has 0 radical (unpaired) electrons. The average Bonchev–Trinajstić information content (AvgIpc) is 3.16. The van der Waals surface area contributed by atoms with Gasteiger partial charge in [-0.25, -0.2) is 8.42 Å². The molecule has 6 nitrogen and oxygen atoms in total. The first-order valence-corrected chi connectivity index (χ1v) is 10.3. The highest BCUT2D eigenvalue weighted by Crippen LogP contribution is 2.28. The van der Waals surface area contributed by atoms with E-state index < -0.39 is 16.1 Å². The topological polar surface area (TPSA) is 74.8 Å². The Balaban J connectivity index is 1.91. The van der Waals surface area contributed by atoms with Crippen LogP contribution in [0.15, 0.2) is 29.2 Å². The zero-order valence-electron chi connectivity index (χ0n) is 14.5. The highest BCUT2D eigenvalue weighted by molar-refractivity contribution is 7.89. The van der Waals surface area contributed by atoms with Gasteiger partial charge < -0.3 is 4.90 Å². The van der Waals surface area contributed by atoms with Gasteiger partial charge in [-0.1, -0.05) is 18.6 Å². The van der Waals surface area contributed by atoms with Gasteiger partial charge in [-0.05, 0) is 44.7 Å². The molecule has 2 saturated heterocycles. The fourth-order valence-electron chi connectivity index (χ4n) is 3.60. The molecule has 3 rings (SSSR count). The van der Waals surface area contributed by atoms with Crippen molar-refractivity contribution in [1.29, 1.82) is 0 Å². The fraction of sp³-hybridized carbons (Fsp3) is 0.556. The van der Waals surface area contributed by atoms with E-state index in [0.717, 1.165) is 25.7 Å². The Morgan fingerprint density at radius 2 is 1.72 bits per heavy atom. The molecule has 1 atom stereocenters. The second kappa shape index (κ2) is 7.25. The van der Waals surface area contributed by atoms with Gasteiger partial charge in [0.25, 0.3) is 0 Å². The van der Waals surface area contributed by atoms with E-state index in [1.807, 2.05) is 0 Å². The summed E-state index contributed by atoms with van der Waals surface area (Å²) < 4.78 is 27.6. The summed E-state index contributed by atoms with van der Waals surface area (Å²) in [4.78, 5) is 26.3. The number of benzene rings is 1. The zero-order valence-corrected chi connectivity index (χ0v) is 15.3.